The molecule has 8 nitrogen and oxygen atoms in total. The zero-order chi connectivity index (χ0) is 21.3. The lowest BCUT2D eigenvalue weighted by molar-refractivity contribution is -0.122. The Balaban J connectivity index is 1.74. The molecule has 0 saturated carbocycles. The number of para-hydroxylation sites is 2. The number of benzene rings is 2. The third-order valence-corrected chi connectivity index (χ3v) is 4.74. The highest BCUT2D eigenvalue weighted by Crippen LogP contribution is 2.28. The molecule has 8 heteroatoms. The second-order valence-electron chi connectivity index (χ2n) is 6.98. The summed E-state index contributed by atoms with van der Waals surface area (Å²) >= 11 is 0. The number of nitrogens with zero attached hydrogens (tertiary/aromatic N) is 1. The SMILES string of the molecule is COCCCNC(=O)C(Cc1ccccc1)NC(=O)N1CC(=O)Nc2ccccc21. The summed E-state index contributed by atoms with van der Waals surface area (Å²) in [5.74, 6) is -0.564. The smallest absolute Gasteiger partial charge is 0.323 e. The summed E-state index contributed by atoms with van der Waals surface area (Å²) in [6.45, 7) is 0.870. The Labute approximate surface area is 175 Å². The van der Waals surface area contributed by atoms with Crippen LogP contribution in [0.1, 0.15) is 12.0 Å². The lowest BCUT2D eigenvalue weighted by Crippen LogP contribution is -2.54. The van der Waals surface area contributed by atoms with Crippen molar-refractivity contribution >= 4 is 29.2 Å². The van der Waals surface area contributed by atoms with E-state index in [2.05, 4.69) is 16.0 Å². The van der Waals surface area contributed by atoms with Crippen LogP contribution in [-0.2, 0) is 20.7 Å². The van der Waals surface area contributed by atoms with Crippen LogP contribution in [0.4, 0.5) is 16.2 Å². The number of nitrogens with one attached hydrogen (secondary N) is 3. The summed E-state index contributed by atoms with van der Waals surface area (Å²) < 4.78 is 5.00. The molecule has 1 aliphatic heterocycles. The molecular weight excluding hydrogens is 384 g/mol. The monoisotopic (exact) mass is 410 g/mol. The van der Waals surface area contributed by atoms with Gasteiger partial charge >= 0.3 is 6.03 Å². The predicted octanol–water partition coefficient (Wildman–Crippen LogP) is 1.92. The minimum atomic E-state index is -0.778. The minimum Gasteiger partial charge on any atom is -0.385 e. The van der Waals surface area contributed by atoms with E-state index in [-0.39, 0.29) is 18.4 Å². The molecule has 1 unspecified atom stereocenters. The average Bonchev–Trinajstić information content (AvgIpc) is 2.76. The Morgan fingerprint density at radius 3 is 2.63 bits per heavy atom. The molecule has 1 atom stereocenters. The molecule has 158 valence electrons. The maximum Gasteiger partial charge on any atom is 0.323 e. The van der Waals surface area contributed by atoms with Crippen molar-refractivity contribution in [1.82, 2.24) is 10.6 Å². The van der Waals surface area contributed by atoms with Crippen molar-refractivity contribution in [3.8, 4) is 0 Å². The fraction of sp³-hybridized carbons (Fsp3) is 0.318. The number of hydrogen-bond donors (Lipinski definition) is 3. The Morgan fingerprint density at radius 1 is 1.13 bits per heavy atom. The number of amides is 4. The number of ether oxygens (including phenoxy) is 1. The third-order valence-electron chi connectivity index (χ3n) is 4.74. The molecule has 3 rings (SSSR count). The first-order valence-corrected chi connectivity index (χ1v) is 9.86. The molecule has 0 aliphatic carbocycles. The van der Waals surface area contributed by atoms with Crippen molar-refractivity contribution < 1.29 is 19.1 Å². The highest BCUT2D eigenvalue weighted by Gasteiger charge is 2.29. The summed E-state index contributed by atoms with van der Waals surface area (Å²) in [5.41, 5.74) is 2.08. The minimum absolute atomic E-state index is 0.115. The predicted molar refractivity (Wildman–Crippen MR) is 114 cm³/mol. The van der Waals surface area contributed by atoms with Crippen LogP contribution >= 0.6 is 0 Å². The molecule has 30 heavy (non-hydrogen) atoms. The molecule has 3 N–H and O–H groups in total. The molecule has 2 aromatic rings. The van der Waals surface area contributed by atoms with E-state index in [1.54, 1.807) is 31.4 Å². The fourth-order valence-corrected chi connectivity index (χ4v) is 3.25. The zero-order valence-corrected chi connectivity index (χ0v) is 16.9. The van der Waals surface area contributed by atoms with Crippen LogP contribution in [0.25, 0.3) is 0 Å². The van der Waals surface area contributed by atoms with E-state index in [4.69, 9.17) is 4.74 Å². The molecular formula is C22H26N4O4. The number of rotatable bonds is 8. The van der Waals surface area contributed by atoms with Gasteiger partial charge in [0, 0.05) is 26.7 Å². The van der Waals surface area contributed by atoms with Crippen LogP contribution in [0.3, 0.4) is 0 Å². The highest BCUT2D eigenvalue weighted by atomic mass is 16.5. The zero-order valence-electron chi connectivity index (χ0n) is 16.9. The number of fused-ring (bicyclic) bond motifs is 1. The Bertz CT molecular complexity index is 888. The molecule has 1 heterocycles. The average molecular weight is 410 g/mol. The molecule has 4 amide bonds. The summed E-state index contributed by atoms with van der Waals surface area (Å²) in [6.07, 6.45) is 1.01. The van der Waals surface area contributed by atoms with E-state index in [0.717, 1.165) is 5.56 Å². The van der Waals surface area contributed by atoms with E-state index < -0.39 is 12.1 Å². The molecule has 0 spiro atoms. The van der Waals surface area contributed by atoms with Gasteiger partial charge in [-0.25, -0.2) is 4.79 Å². The van der Waals surface area contributed by atoms with E-state index in [1.807, 2.05) is 30.3 Å². The number of carbonyl (C=O) groups is 3. The van der Waals surface area contributed by atoms with Crippen molar-refractivity contribution in [3.05, 3.63) is 60.2 Å². The van der Waals surface area contributed by atoms with Gasteiger partial charge in [-0.15, -0.1) is 0 Å². The van der Waals surface area contributed by atoms with Crippen molar-refractivity contribution in [2.75, 3.05) is 37.0 Å². The first-order valence-electron chi connectivity index (χ1n) is 9.86. The van der Waals surface area contributed by atoms with E-state index >= 15 is 0 Å². The lowest BCUT2D eigenvalue weighted by Gasteiger charge is -2.30. The van der Waals surface area contributed by atoms with Crippen LogP contribution < -0.4 is 20.9 Å². The highest BCUT2D eigenvalue weighted by molar-refractivity contribution is 6.10. The molecule has 0 bridgehead atoms. The summed E-state index contributed by atoms with van der Waals surface area (Å²) in [6, 6.07) is 15.3. The number of anilines is 2. The molecule has 0 fully saturated rings. The lowest BCUT2D eigenvalue weighted by atomic mass is 10.1. The van der Waals surface area contributed by atoms with Gasteiger partial charge in [0.05, 0.1) is 11.4 Å². The number of hydrogen-bond acceptors (Lipinski definition) is 4. The van der Waals surface area contributed by atoms with Crippen molar-refractivity contribution in [2.45, 2.75) is 18.9 Å². The third kappa shape index (κ3) is 5.57. The number of carbonyl (C=O) groups excluding carboxylic acids is 3. The van der Waals surface area contributed by atoms with Gasteiger partial charge in [-0.2, -0.15) is 0 Å². The van der Waals surface area contributed by atoms with Gasteiger partial charge in [-0.3, -0.25) is 14.5 Å². The van der Waals surface area contributed by atoms with Crippen molar-refractivity contribution in [3.63, 3.8) is 0 Å². The summed E-state index contributed by atoms with van der Waals surface area (Å²) in [7, 11) is 1.60. The normalized spacial score (nSPS) is 13.8. The molecule has 2 aromatic carbocycles. The quantitative estimate of drug-likeness (QED) is 0.579. The molecule has 1 aliphatic rings. The molecule has 0 radical (unpaired) electrons. The van der Waals surface area contributed by atoms with Crippen LogP contribution in [0.15, 0.2) is 54.6 Å². The van der Waals surface area contributed by atoms with E-state index in [1.165, 1.54) is 4.90 Å². The Morgan fingerprint density at radius 2 is 1.87 bits per heavy atom. The van der Waals surface area contributed by atoms with Crippen LogP contribution in [0.2, 0.25) is 0 Å². The van der Waals surface area contributed by atoms with Crippen molar-refractivity contribution in [2.24, 2.45) is 0 Å². The Kier molecular flexibility index (Phi) is 7.40. The summed E-state index contributed by atoms with van der Waals surface area (Å²) in [4.78, 5) is 39.2. The Hall–Kier alpha value is -3.39. The summed E-state index contributed by atoms with van der Waals surface area (Å²) in [5, 5.41) is 8.39. The number of urea groups is 1. The van der Waals surface area contributed by atoms with Crippen LogP contribution in [-0.4, -0.2) is 50.7 Å². The van der Waals surface area contributed by atoms with Gasteiger partial charge in [0.1, 0.15) is 12.6 Å². The largest absolute Gasteiger partial charge is 0.385 e. The van der Waals surface area contributed by atoms with Gasteiger partial charge in [0.15, 0.2) is 0 Å². The second kappa shape index (κ2) is 10.4. The van der Waals surface area contributed by atoms with E-state index in [9.17, 15) is 14.4 Å². The van der Waals surface area contributed by atoms with Gasteiger partial charge in [0.2, 0.25) is 11.8 Å². The maximum absolute atomic E-state index is 13.0. The van der Waals surface area contributed by atoms with Gasteiger partial charge in [0.25, 0.3) is 0 Å². The molecule has 0 aromatic heterocycles. The van der Waals surface area contributed by atoms with E-state index in [0.29, 0.717) is 37.4 Å². The van der Waals surface area contributed by atoms with Crippen LogP contribution in [0.5, 0.6) is 0 Å². The van der Waals surface area contributed by atoms with Crippen LogP contribution in [0, 0.1) is 0 Å². The standard InChI is InChI=1S/C22H26N4O4/c1-30-13-7-12-23-21(28)18(14-16-8-3-2-4-9-16)25-22(29)26-15-20(27)24-17-10-5-6-11-19(17)26/h2-6,8-11,18H,7,12-15H2,1H3,(H,23,28)(H,24,27)(H,25,29). The first kappa shape index (κ1) is 21.3. The van der Waals surface area contributed by atoms with Crippen molar-refractivity contribution in [1.29, 1.82) is 0 Å². The number of methoxy groups -OCH3 is 1. The van der Waals surface area contributed by atoms with Gasteiger partial charge in [-0.1, -0.05) is 42.5 Å². The van der Waals surface area contributed by atoms with Gasteiger partial charge < -0.3 is 20.7 Å². The first-order chi connectivity index (χ1) is 14.6. The topological polar surface area (TPSA) is 99.8 Å². The second-order valence-corrected chi connectivity index (χ2v) is 6.98. The fourth-order valence-electron chi connectivity index (χ4n) is 3.25. The maximum atomic E-state index is 13.0. The van der Waals surface area contributed by atoms with Gasteiger partial charge in [-0.05, 0) is 24.1 Å². The molecule has 0 saturated heterocycles.